The van der Waals surface area contributed by atoms with Gasteiger partial charge in [-0.1, -0.05) is 30.3 Å². The van der Waals surface area contributed by atoms with Crippen molar-refractivity contribution in [3.63, 3.8) is 0 Å². The van der Waals surface area contributed by atoms with Gasteiger partial charge in [0.1, 0.15) is 17.1 Å². The zero-order valence-electron chi connectivity index (χ0n) is 15.0. The van der Waals surface area contributed by atoms with Crippen molar-refractivity contribution in [2.24, 2.45) is 0 Å². The van der Waals surface area contributed by atoms with Crippen LogP contribution in [0.3, 0.4) is 0 Å². The minimum atomic E-state index is -3.79. The van der Waals surface area contributed by atoms with Crippen LogP contribution in [0.4, 0.5) is 5.69 Å². The lowest BCUT2D eigenvalue weighted by atomic mass is 10.2. The third-order valence-electron chi connectivity index (χ3n) is 4.11. The molecule has 1 N–H and O–H groups in total. The molecule has 3 aromatic rings. The van der Waals surface area contributed by atoms with Gasteiger partial charge in [-0.2, -0.15) is 0 Å². The number of hydrogen-bond donors (Lipinski definition) is 1. The number of rotatable bonds is 7. The number of nitrogens with zero attached hydrogens (tertiary/aromatic N) is 1. The first kappa shape index (κ1) is 19.6. The van der Waals surface area contributed by atoms with Crippen molar-refractivity contribution in [2.45, 2.75) is 18.7 Å². The lowest BCUT2D eigenvalue weighted by molar-refractivity contribution is -0.384. The van der Waals surface area contributed by atoms with Gasteiger partial charge >= 0.3 is 0 Å². The average Bonchev–Trinajstić information content (AvgIpc) is 3.05. The zero-order chi connectivity index (χ0) is 20.3. The lowest BCUT2D eigenvalue weighted by Crippen LogP contribution is -2.32. The van der Waals surface area contributed by atoms with E-state index < -0.39 is 38.2 Å². The summed E-state index contributed by atoms with van der Waals surface area (Å²) in [5.74, 6) is -1.33. The molecule has 146 valence electrons. The van der Waals surface area contributed by atoms with Crippen LogP contribution in [0.25, 0.3) is 11.0 Å². The number of hydrogen-bond acceptors (Lipinski definition) is 6. The summed E-state index contributed by atoms with van der Waals surface area (Å²) in [6, 6.07) is 14.0. The molecule has 1 amide bonds. The van der Waals surface area contributed by atoms with Gasteiger partial charge in [0.05, 0.1) is 16.7 Å². The van der Waals surface area contributed by atoms with E-state index in [4.69, 9.17) is 4.42 Å². The number of amides is 1. The van der Waals surface area contributed by atoms with Crippen LogP contribution in [0.1, 0.15) is 24.3 Å². The molecule has 0 saturated heterocycles. The lowest BCUT2D eigenvalue weighted by Gasteiger charge is -2.11. The highest BCUT2D eigenvalue weighted by atomic mass is 32.2. The number of carbonyl (C=O) groups excluding carboxylic acids is 1. The molecule has 0 spiro atoms. The molecule has 0 aliphatic carbocycles. The first-order valence-electron chi connectivity index (χ1n) is 8.45. The number of nitro groups is 1. The summed E-state index contributed by atoms with van der Waals surface area (Å²) in [6.07, 6.45) is 0. The van der Waals surface area contributed by atoms with Crippen LogP contribution in [-0.4, -0.2) is 25.0 Å². The minimum Gasteiger partial charge on any atom is -0.459 e. The number of carbonyl (C=O) groups is 1. The van der Waals surface area contributed by atoms with Crippen LogP contribution in [0.2, 0.25) is 0 Å². The normalized spacial score (nSPS) is 12.6. The van der Waals surface area contributed by atoms with Crippen LogP contribution in [0.15, 0.2) is 59.0 Å². The number of benzene rings is 2. The second-order valence-electron chi connectivity index (χ2n) is 6.44. The van der Waals surface area contributed by atoms with Gasteiger partial charge in [-0.05, 0) is 24.6 Å². The molecule has 0 saturated carbocycles. The fraction of sp³-hybridized carbons (Fsp3) is 0.211. The third kappa shape index (κ3) is 4.74. The Balaban J connectivity index is 1.64. The van der Waals surface area contributed by atoms with Gasteiger partial charge in [-0.3, -0.25) is 14.9 Å². The molecular weight excluding hydrogens is 384 g/mol. The van der Waals surface area contributed by atoms with Crippen molar-refractivity contribution >= 4 is 32.4 Å². The second kappa shape index (κ2) is 7.81. The summed E-state index contributed by atoms with van der Waals surface area (Å²) < 4.78 is 30.3. The van der Waals surface area contributed by atoms with Gasteiger partial charge in [-0.15, -0.1) is 0 Å². The quantitative estimate of drug-likeness (QED) is 0.479. The molecule has 0 fully saturated rings. The molecule has 9 heteroatoms. The van der Waals surface area contributed by atoms with Gasteiger partial charge in [0.25, 0.3) is 5.69 Å². The Morgan fingerprint density at radius 2 is 1.93 bits per heavy atom. The highest BCUT2D eigenvalue weighted by Crippen LogP contribution is 2.23. The number of sulfone groups is 1. The van der Waals surface area contributed by atoms with Crippen molar-refractivity contribution in [2.75, 3.05) is 5.75 Å². The van der Waals surface area contributed by atoms with E-state index >= 15 is 0 Å². The van der Waals surface area contributed by atoms with Crippen LogP contribution >= 0.6 is 0 Å². The fourth-order valence-electron chi connectivity index (χ4n) is 2.83. The fourth-order valence-corrected chi connectivity index (χ4v) is 4.11. The van der Waals surface area contributed by atoms with E-state index in [0.29, 0.717) is 11.3 Å². The van der Waals surface area contributed by atoms with E-state index in [0.717, 1.165) is 5.39 Å². The van der Waals surface area contributed by atoms with Gasteiger partial charge in [0.2, 0.25) is 5.91 Å². The van der Waals surface area contributed by atoms with E-state index in [1.54, 1.807) is 19.1 Å². The standard InChI is InChI=1S/C19H18N2O6S/c1-13(18-10-15-6-2-3-8-17(15)27-18)20-19(22)12-28(25,26)11-14-5-4-7-16(9-14)21(23)24/h2-10,13H,11-12H2,1H3,(H,20,22)/t13-/m0/s1. The Bertz CT molecular complexity index is 1100. The maximum absolute atomic E-state index is 12.3. The van der Waals surface area contributed by atoms with Crippen molar-refractivity contribution in [1.82, 2.24) is 5.32 Å². The predicted molar refractivity (Wildman–Crippen MR) is 103 cm³/mol. The summed E-state index contributed by atoms with van der Waals surface area (Å²) in [4.78, 5) is 22.4. The first-order valence-corrected chi connectivity index (χ1v) is 10.3. The molecular formula is C19H18N2O6S. The van der Waals surface area contributed by atoms with Crippen molar-refractivity contribution in [3.8, 4) is 0 Å². The van der Waals surface area contributed by atoms with E-state index in [1.807, 2.05) is 18.2 Å². The molecule has 0 radical (unpaired) electrons. The Morgan fingerprint density at radius 3 is 2.64 bits per heavy atom. The minimum absolute atomic E-state index is 0.198. The molecule has 2 aromatic carbocycles. The monoisotopic (exact) mass is 402 g/mol. The molecule has 8 nitrogen and oxygen atoms in total. The van der Waals surface area contributed by atoms with E-state index in [2.05, 4.69) is 5.32 Å². The summed E-state index contributed by atoms with van der Waals surface area (Å²) >= 11 is 0. The highest BCUT2D eigenvalue weighted by molar-refractivity contribution is 7.91. The van der Waals surface area contributed by atoms with Crippen LogP contribution < -0.4 is 5.32 Å². The molecule has 0 unspecified atom stereocenters. The zero-order valence-corrected chi connectivity index (χ0v) is 15.8. The van der Waals surface area contributed by atoms with E-state index in [9.17, 15) is 23.3 Å². The summed E-state index contributed by atoms with van der Waals surface area (Å²) in [5, 5.41) is 14.3. The van der Waals surface area contributed by atoms with E-state index in [-0.39, 0.29) is 11.3 Å². The Hall–Kier alpha value is -3.20. The molecule has 0 aliphatic heterocycles. The molecule has 1 aromatic heterocycles. The predicted octanol–water partition coefficient (Wildman–Crippen LogP) is 3.13. The smallest absolute Gasteiger partial charge is 0.269 e. The van der Waals surface area contributed by atoms with Crippen LogP contribution in [-0.2, 0) is 20.4 Å². The summed E-state index contributed by atoms with van der Waals surface area (Å²) in [5.41, 5.74) is 0.736. The van der Waals surface area contributed by atoms with E-state index in [1.165, 1.54) is 24.3 Å². The van der Waals surface area contributed by atoms with Crippen molar-refractivity contribution in [1.29, 1.82) is 0 Å². The van der Waals surface area contributed by atoms with Crippen molar-refractivity contribution < 1.29 is 22.6 Å². The number of non-ortho nitro benzene ring substituents is 1. The molecule has 3 rings (SSSR count). The summed E-state index contributed by atoms with van der Waals surface area (Å²) in [6.45, 7) is 1.70. The Kier molecular flexibility index (Phi) is 5.46. The summed E-state index contributed by atoms with van der Waals surface area (Å²) in [7, 11) is -3.79. The van der Waals surface area contributed by atoms with Crippen LogP contribution in [0, 0.1) is 10.1 Å². The number of nitrogens with one attached hydrogen (secondary N) is 1. The number of fused-ring (bicyclic) bond motifs is 1. The van der Waals surface area contributed by atoms with Gasteiger partial charge in [0.15, 0.2) is 9.84 Å². The molecule has 0 aliphatic rings. The number of furan rings is 1. The van der Waals surface area contributed by atoms with Crippen molar-refractivity contribution in [3.05, 3.63) is 76.0 Å². The first-order chi connectivity index (χ1) is 13.2. The largest absolute Gasteiger partial charge is 0.459 e. The van der Waals surface area contributed by atoms with Gasteiger partial charge < -0.3 is 9.73 Å². The Morgan fingerprint density at radius 1 is 1.18 bits per heavy atom. The second-order valence-corrected chi connectivity index (χ2v) is 8.50. The number of nitro benzene ring substituents is 1. The average molecular weight is 402 g/mol. The molecule has 0 bridgehead atoms. The SMILES string of the molecule is C[C@H](NC(=O)CS(=O)(=O)Cc1cccc([N+](=O)[O-])c1)c1cc2ccccc2o1. The van der Waals surface area contributed by atoms with Gasteiger partial charge in [-0.25, -0.2) is 8.42 Å². The molecule has 28 heavy (non-hydrogen) atoms. The topological polar surface area (TPSA) is 120 Å². The van der Waals surface area contributed by atoms with Crippen LogP contribution in [0.5, 0.6) is 0 Å². The van der Waals surface area contributed by atoms with Gasteiger partial charge in [0, 0.05) is 17.5 Å². The maximum Gasteiger partial charge on any atom is 0.269 e. The molecule has 1 heterocycles. The Labute approximate surface area is 161 Å². The maximum atomic E-state index is 12.3. The number of para-hydroxylation sites is 1. The molecule has 1 atom stereocenters. The highest BCUT2D eigenvalue weighted by Gasteiger charge is 2.21. The third-order valence-corrected chi connectivity index (χ3v) is 5.58.